The van der Waals surface area contributed by atoms with Gasteiger partial charge < -0.3 is 19.9 Å². The van der Waals surface area contributed by atoms with Gasteiger partial charge in [-0.2, -0.15) is 4.98 Å². The van der Waals surface area contributed by atoms with Crippen LogP contribution < -0.4 is 25.6 Å². The monoisotopic (exact) mass is 397 g/mol. The normalized spacial score (nSPS) is 10.7. The molecular formula is C20H23N5O4. The van der Waals surface area contributed by atoms with Crippen LogP contribution in [0.3, 0.4) is 0 Å². The number of carbonyl (C=O) groups excluding carboxylic acids is 1. The number of carbonyl (C=O) groups is 1. The van der Waals surface area contributed by atoms with Crippen LogP contribution in [0.15, 0.2) is 36.4 Å². The number of hydrazine groups is 1. The van der Waals surface area contributed by atoms with E-state index < -0.39 is 12.5 Å². The summed E-state index contributed by atoms with van der Waals surface area (Å²) in [7, 11) is 3.17. The number of nitrogens with one attached hydrogen (secondary N) is 1. The zero-order valence-electron chi connectivity index (χ0n) is 16.5. The number of aliphatic hydroxyl groups is 1. The summed E-state index contributed by atoms with van der Waals surface area (Å²) in [5.74, 6) is 7.07. The van der Waals surface area contributed by atoms with Crippen molar-refractivity contribution in [3.05, 3.63) is 47.5 Å². The topological polar surface area (TPSA) is 123 Å². The number of nitrogens with two attached hydrogens (primary N) is 1. The van der Waals surface area contributed by atoms with Crippen LogP contribution in [-0.2, 0) is 11.3 Å². The maximum Gasteiger partial charge on any atom is 0.268 e. The van der Waals surface area contributed by atoms with Crippen LogP contribution in [0.1, 0.15) is 11.1 Å². The Morgan fingerprint density at radius 1 is 1.21 bits per heavy atom. The maximum absolute atomic E-state index is 11.9. The number of para-hydroxylation sites is 1. The van der Waals surface area contributed by atoms with Crippen molar-refractivity contribution in [1.29, 1.82) is 0 Å². The van der Waals surface area contributed by atoms with Crippen molar-refractivity contribution in [3.8, 4) is 11.5 Å². The molecule has 9 nitrogen and oxygen atoms in total. The molecule has 152 valence electrons. The minimum atomic E-state index is -0.723. The van der Waals surface area contributed by atoms with Crippen LogP contribution >= 0.6 is 0 Å². The summed E-state index contributed by atoms with van der Waals surface area (Å²) in [5, 5.41) is 13.8. The molecule has 9 heteroatoms. The number of nitrogens with zero attached hydrogens (tertiary/aromatic N) is 3. The molecule has 1 heterocycles. The van der Waals surface area contributed by atoms with Gasteiger partial charge in [-0.15, -0.1) is 0 Å². The fraction of sp³-hybridized carbons (Fsp3) is 0.250. The molecule has 0 atom stereocenters. The van der Waals surface area contributed by atoms with Crippen LogP contribution in [0.5, 0.6) is 11.5 Å². The Labute approximate surface area is 168 Å². The van der Waals surface area contributed by atoms with E-state index in [2.05, 4.69) is 15.3 Å². The average Bonchev–Trinajstić information content (AvgIpc) is 2.76. The lowest BCUT2D eigenvalue weighted by Gasteiger charge is -2.18. The van der Waals surface area contributed by atoms with Crippen LogP contribution in [-0.4, -0.2) is 41.8 Å². The molecule has 0 saturated heterocycles. The fourth-order valence-electron chi connectivity index (χ4n) is 2.91. The standard InChI is InChI=1S/C20H23N5O4/c1-12-5-4-6-15-18(12)23-20(24-19(15)25(21)17(27)11-26)22-10-13-7-8-14(28-2)9-16(13)29-3/h4-9,26H,10-11,21H2,1-3H3,(H,22,23,24). The Morgan fingerprint density at radius 2 is 2.00 bits per heavy atom. The molecule has 0 spiro atoms. The van der Waals surface area contributed by atoms with E-state index in [4.69, 9.17) is 20.4 Å². The molecule has 29 heavy (non-hydrogen) atoms. The third kappa shape index (κ3) is 4.20. The molecule has 0 radical (unpaired) electrons. The molecule has 0 fully saturated rings. The van der Waals surface area contributed by atoms with Gasteiger partial charge in [-0.3, -0.25) is 4.79 Å². The van der Waals surface area contributed by atoms with Gasteiger partial charge in [-0.25, -0.2) is 15.8 Å². The van der Waals surface area contributed by atoms with Crippen molar-refractivity contribution < 1.29 is 19.4 Å². The minimum Gasteiger partial charge on any atom is -0.497 e. The highest BCUT2D eigenvalue weighted by molar-refractivity contribution is 6.01. The van der Waals surface area contributed by atoms with Gasteiger partial charge in [-0.1, -0.05) is 12.1 Å². The molecular weight excluding hydrogens is 374 g/mol. The number of aryl methyl sites for hydroxylation is 1. The summed E-state index contributed by atoms with van der Waals surface area (Å²) in [5.41, 5.74) is 2.43. The van der Waals surface area contributed by atoms with Crippen molar-refractivity contribution in [2.45, 2.75) is 13.5 Å². The van der Waals surface area contributed by atoms with E-state index in [9.17, 15) is 4.79 Å². The molecule has 1 aromatic heterocycles. The third-order valence-electron chi connectivity index (χ3n) is 4.47. The Kier molecular flexibility index (Phi) is 6.10. The van der Waals surface area contributed by atoms with Gasteiger partial charge in [0.1, 0.15) is 18.1 Å². The Bertz CT molecular complexity index is 1040. The number of aliphatic hydroxyl groups excluding tert-OH is 1. The number of hydrogen-bond donors (Lipinski definition) is 3. The van der Waals surface area contributed by atoms with Crippen LogP contribution in [0, 0.1) is 6.92 Å². The Balaban J connectivity index is 1.98. The van der Waals surface area contributed by atoms with Crippen molar-refractivity contribution in [1.82, 2.24) is 9.97 Å². The number of amides is 1. The third-order valence-corrected chi connectivity index (χ3v) is 4.47. The van der Waals surface area contributed by atoms with Crippen molar-refractivity contribution in [2.24, 2.45) is 5.84 Å². The number of benzene rings is 2. The number of aromatic nitrogens is 2. The van der Waals surface area contributed by atoms with Crippen LogP contribution in [0.2, 0.25) is 0 Å². The summed E-state index contributed by atoms with van der Waals surface area (Å²) in [6, 6.07) is 11.0. The second-order valence-corrected chi connectivity index (χ2v) is 6.30. The van der Waals surface area contributed by atoms with Gasteiger partial charge >= 0.3 is 0 Å². The van der Waals surface area contributed by atoms with Gasteiger partial charge in [-0.05, 0) is 30.7 Å². The van der Waals surface area contributed by atoms with E-state index >= 15 is 0 Å². The van der Waals surface area contributed by atoms with Gasteiger partial charge in [0, 0.05) is 23.6 Å². The molecule has 0 bridgehead atoms. The maximum atomic E-state index is 11.9. The molecule has 3 rings (SSSR count). The fourth-order valence-corrected chi connectivity index (χ4v) is 2.91. The van der Waals surface area contributed by atoms with Crippen molar-refractivity contribution in [3.63, 3.8) is 0 Å². The Morgan fingerprint density at radius 3 is 2.69 bits per heavy atom. The minimum absolute atomic E-state index is 0.210. The summed E-state index contributed by atoms with van der Waals surface area (Å²) in [6.45, 7) is 1.56. The zero-order chi connectivity index (χ0) is 21.0. The second kappa shape index (κ2) is 8.72. The van der Waals surface area contributed by atoms with E-state index in [1.54, 1.807) is 26.4 Å². The lowest BCUT2D eigenvalue weighted by molar-refractivity contribution is -0.121. The highest BCUT2D eigenvalue weighted by Crippen LogP contribution is 2.28. The second-order valence-electron chi connectivity index (χ2n) is 6.30. The summed E-state index contributed by atoms with van der Waals surface area (Å²) < 4.78 is 10.6. The van der Waals surface area contributed by atoms with E-state index in [0.717, 1.165) is 16.1 Å². The first kappa shape index (κ1) is 20.3. The lowest BCUT2D eigenvalue weighted by Crippen LogP contribution is -2.40. The predicted octanol–water partition coefficient (Wildman–Crippen LogP) is 1.77. The Hall–Kier alpha value is -3.43. The summed E-state index contributed by atoms with van der Waals surface area (Å²) >= 11 is 0. The smallest absolute Gasteiger partial charge is 0.268 e. The van der Waals surface area contributed by atoms with Gasteiger partial charge in [0.15, 0.2) is 5.82 Å². The van der Waals surface area contributed by atoms with E-state index in [1.807, 2.05) is 31.2 Å². The molecule has 0 aliphatic heterocycles. The van der Waals surface area contributed by atoms with E-state index in [1.165, 1.54) is 0 Å². The summed E-state index contributed by atoms with van der Waals surface area (Å²) in [6.07, 6.45) is 0. The molecule has 2 aromatic carbocycles. The highest BCUT2D eigenvalue weighted by atomic mass is 16.5. The molecule has 1 amide bonds. The van der Waals surface area contributed by atoms with Crippen LogP contribution in [0.4, 0.5) is 11.8 Å². The number of ether oxygens (including phenoxy) is 2. The van der Waals surface area contributed by atoms with Gasteiger partial charge in [0.2, 0.25) is 5.95 Å². The van der Waals surface area contributed by atoms with Crippen molar-refractivity contribution >= 4 is 28.6 Å². The number of rotatable bonds is 7. The molecule has 3 aromatic rings. The van der Waals surface area contributed by atoms with Crippen LogP contribution in [0.25, 0.3) is 10.9 Å². The zero-order valence-corrected chi connectivity index (χ0v) is 16.5. The molecule has 0 aliphatic rings. The van der Waals surface area contributed by atoms with E-state index in [-0.39, 0.29) is 5.82 Å². The summed E-state index contributed by atoms with van der Waals surface area (Å²) in [4.78, 5) is 20.9. The highest BCUT2D eigenvalue weighted by Gasteiger charge is 2.18. The number of hydrogen-bond acceptors (Lipinski definition) is 8. The molecule has 4 N–H and O–H groups in total. The van der Waals surface area contributed by atoms with Crippen molar-refractivity contribution in [2.75, 3.05) is 31.2 Å². The lowest BCUT2D eigenvalue weighted by atomic mass is 10.1. The molecule has 0 unspecified atom stereocenters. The number of fused-ring (bicyclic) bond motifs is 1. The largest absolute Gasteiger partial charge is 0.497 e. The first-order valence-electron chi connectivity index (χ1n) is 8.89. The molecule has 0 aliphatic carbocycles. The first-order chi connectivity index (χ1) is 14.0. The van der Waals surface area contributed by atoms with Gasteiger partial charge in [0.05, 0.1) is 19.7 Å². The predicted molar refractivity (Wildman–Crippen MR) is 110 cm³/mol. The first-order valence-corrected chi connectivity index (χ1v) is 8.89. The molecule has 0 saturated carbocycles. The van der Waals surface area contributed by atoms with Gasteiger partial charge in [0.25, 0.3) is 5.91 Å². The number of methoxy groups -OCH3 is 2. The quantitative estimate of drug-likeness (QED) is 0.313. The average molecular weight is 397 g/mol. The van der Waals surface area contributed by atoms with E-state index in [0.29, 0.717) is 34.9 Å². The number of anilines is 2. The SMILES string of the molecule is COc1ccc(CNc2nc(N(N)C(=O)CO)c3cccc(C)c3n2)c(OC)c1.